The lowest BCUT2D eigenvalue weighted by Gasteiger charge is -2.35. The van der Waals surface area contributed by atoms with E-state index >= 15 is 0 Å². The second-order valence-electron chi connectivity index (χ2n) is 5.54. The highest BCUT2D eigenvalue weighted by molar-refractivity contribution is 6.30. The molecule has 2 rings (SSSR count). The second kappa shape index (κ2) is 6.57. The third-order valence-corrected chi connectivity index (χ3v) is 3.93. The molecule has 2 N–H and O–H groups in total. The zero-order valence-electron chi connectivity index (χ0n) is 12.2. The number of anilines is 1. The molecule has 0 spiro atoms. The van der Waals surface area contributed by atoms with Crippen LogP contribution in [0.5, 0.6) is 0 Å². The highest BCUT2D eigenvalue weighted by Crippen LogP contribution is 2.13. The lowest BCUT2D eigenvalue weighted by atomic mass is 10.1. The van der Waals surface area contributed by atoms with Crippen LogP contribution in [0.2, 0.25) is 5.02 Å². The topological polar surface area (TPSA) is 42.8 Å². The fourth-order valence-electron chi connectivity index (χ4n) is 2.64. The van der Waals surface area contributed by atoms with E-state index in [-0.39, 0.29) is 24.2 Å². The van der Waals surface area contributed by atoms with Gasteiger partial charge in [-0.1, -0.05) is 11.6 Å². The van der Waals surface area contributed by atoms with Gasteiger partial charge in [-0.05, 0) is 45.0 Å². The van der Waals surface area contributed by atoms with Crippen LogP contribution in [0.15, 0.2) is 24.3 Å². The van der Waals surface area contributed by atoms with Crippen LogP contribution in [-0.2, 0) is 9.53 Å². The number of halogens is 1. The van der Waals surface area contributed by atoms with Crippen molar-refractivity contribution < 1.29 is 14.4 Å². The van der Waals surface area contributed by atoms with Crippen LogP contribution in [0.4, 0.5) is 5.69 Å². The molecule has 0 unspecified atom stereocenters. The summed E-state index contributed by atoms with van der Waals surface area (Å²) in [5.74, 6) is 0.0311. The van der Waals surface area contributed by atoms with Gasteiger partial charge in [-0.15, -0.1) is 0 Å². The van der Waals surface area contributed by atoms with Gasteiger partial charge in [0.2, 0.25) is 0 Å². The second-order valence-corrected chi connectivity index (χ2v) is 5.98. The van der Waals surface area contributed by atoms with Crippen molar-refractivity contribution >= 4 is 23.2 Å². The number of rotatable bonds is 3. The third-order valence-electron chi connectivity index (χ3n) is 3.68. The Morgan fingerprint density at radius 2 is 1.85 bits per heavy atom. The van der Waals surface area contributed by atoms with Gasteiger partial charge in [0.15, 0.2) is 6.04 Å². The summed E-state index contributed by atoms with van der Waals surface area (Å²) in [5, 5.41) is 3.60. The smallest absolute Gasteiger partial charge is 0.282 e. The van der Waals surface area contributed by atoms with E-state index in [0.717, 1.165) is 18.8 Å². The first-order chi connectivity index (χ1) is 9.45. The standard InChI is InChI=1S/C15H21ClN2O2/c1-10-8-18(9-11(2)20-10)12(3)15(19)17-14-6-4-13(16)5-7-14/h4-7,10-12H,8-9H2,1-3H3,(H,17,19)/p+1/t10-,11-,12+/m1/s1. The van der Waals surface area contributed by atoms with Crippen molar-refractivity contribution in [3.8, 4) is 0 Å². The molecule has 110 valence electrons. The quantitative estimate of drug-likeness (QED) is 0.885. The van der Waals surface area contributed by atoms with Gasteiger partial charge in [0.1, 0.15) is 25.3 Å². The fourth-order valence-corrected chi connectivity index (χ4v) is 2.76. The molecule has 0 radical (unpaired) electrons. The predicted molar refractivity (Wildman–Crippen MR) is 80.2 cm³/mol. The van der Waals surface area contributed by atoms with Crippen molar-refractivity contribution in [1.82, 2.24) is 0 Å². The summed E-state index contributed by atoms with van der Waals surface area (Å²) >= 11 is 5.83. The Hall–Kier alpha value is -1.10. The van der Waals surface area contributed by atoms with E-state index in [1.807, 2.05) is 19.1 Å². The number of hydrogen-bond acceptors (Lipinski definition) is 2. The maximum atomic E-state index is 12.3. The minimum absolute atomic E-state index is 0.0311. The number of morpholine rings is 1. The Morgan fingerprint density at radius 3 is 2.40 bits per heavy atom. The molecule has 1 heterocycles. The van der Waals surface area contributed by atoms with Crippen LogP contribution in [0, 0.1) is 0 Å². The highest BCUT2D eigenvalue weighted by Gasteiger charge is 2.32. The maximum Gasteiger partial charge on any atom is 0.282 e. The zero-order valence-corrected chi connectivity index (χ0v) is 12.9. The fraction of sp³-hybridized carbons (Fsp3) is 0.533. The monoisotopic (exact) mass is 297 g/mol. The van der Waals surface area contributed by atoms with Crippen molar-refractivity contribution in [3.05, 3.63) is 29.3 Å². The van der Waals surface area contributed by atoms with E-state index < -0.39 is 0 Å². The summed E-state index contributed by atoms with van der Waals surface area (Å²) in [6.07, 6.45) is 0.388. The largest absolute Gasteiger partial charge is 0.364 e. The van der Waals surface area contributed by atoms with E-state index in [4.69, 9.17) is 16.3 Å². The number of quaternary nitrogens is 1. The summed E-state index contributed by atoms with van der Waals surface area (Å²) in [7, 11) is 0. The van der Waals surface area contributed by atoms with Crippen LogP contribution < -0.4 is 10.2 Å². The van der Waals surface area contributed by atoms with Crippen molar-refractivity contribution in [2.24, 2.45) is 0 Å². The minimum atomic E-state index is -0.0977. The van der Waals surface area contributed by atoms with Crippen LogP contribution in [0.25, 0.3) is 0 Å². The lowest BCUT2D eigenvalue weighted by molar-refractivity contribution is -0.928. The van der Waals surface area contributed by atoms with Crippen LogP contribution >= 0.6 is 11.6 Å². The van der Waals surface area contributed by atoms with E-state index in [1.165, 1.54) is 4.90 Å². The van der Waals surface area contributed by atoms with Crippen molar-refractivity contribution in [2.75, 3.05) is 18.4 Å². The summed E-state index contributed by atoms with van der Waals surface area (Å²) in [6, 6.07) is 7.07. The third kappa shape index (κ3) is 3.95. The maximum absolute atomic E-state index is 12.3. The molecular formula is C15H22ClN2O2+. The SMILES string of the molecule is C[C@@H]1C[NH+]([C@@H](C)C(=O)Nc2ccc(Cl)cc2)C[C@@H](C)O1. The lowest BCUT2D eigenvalue weighted by Crippen LogP contribution is -3.19. The molecule has 1 amide bonds. The molecule has 1 aromatic carbocycles. The summed E-state index contributed by atoms with van der Waals surface area (Å²) in [4.78, 5) is 13.6. The molecule has 0 saturated carbocycles. The molecule has 1 saturated heterocycles. The molecular weight excluding hydrogens is 276 g/mol. The average molecular weight is 298 g/mol. The molecule has 1 aliphatic rings. The summed E-state index contributed by atoms with van der Waals surface area (Å²) in [5.41, 5.74) is 0.778. The molecule has 4 nitrogen and oxygen atoms in total. The molecule has 0 bridgehead atoms. The van der Waals surface area contributed by atoms with Gasteiger partial charge < -0.3 is 15.0 Å². The Morgan fingerprint density at radius 1 is 1.30 bits per heavy atom. The molecule has 1 fully saturated rings. The number of carbonyl (C=O) groups is 1. The van der Waals surface area contributed by atoms with Gasteiger partial charge in [0, 0.05) is 10.7 Å². The van der Waals surface area contributed by atoms with Crippen LogP contribution in [-0.4, -0.2) is 37.2 Å². The molecule has 0 aliphatic carbocycles. The molecule has 5 heteroatoms. The molecule has 1 aliphatic heterocycles. The van der Waals surface area contributed by atoms with Crippen LogP contribution in [0.1, 0.15) is 20.8 Å². The van der Waals surface area contributed by atoms with Crippen molar-refractivity contribution in [1.29, 1.82) is 0 Å². The van der Waals surface area contributed by atoms with Gasteiger partial charge in [-0.3, -0.25) is 4.79 Å². The number of benzene rings is 1. The van der Waals surface area contributed by atoms with Gasteiger partial charge in [-0.2, -0.15) is 0 Å². The van der Waals surface area contributed by atoms with Crippen molar-refractivity contribution in [2.45, 2.75) is 39.0 Å². The molecule has 3 atom stereocenters. The molecule has 1 aromatic rings. The van der Waals surface area contributed by atoms with Gasteiger partial charge in [-0.25, -0.2) is 0 Å². The number of nitrogens with one attached hydrogen (secondary N) is 2. The summed E-state index contributed by atoms with van der Waals surface area (Å²) < 4.78 is 5.71. The Kier molecular flexibility index (Phi) is 5.02. The zero-order chi connectivity index (χ0) is 14.7. The average Bonchev–Trinajstić information content (AvgIpc) is 2.39. The number of hydrogen-bond donors (Lipinski definition) is 2. The summed E-state index contributed by atoms with van der Waals surface area (Å²) in [6.45, 7) is 7.80. The van der Waals surface area contributed by atoms with Gasteiger partial charge in [0.05, 0.1) is 0 Å². The number of amides is 1. The van der Waals surface area contributed by atoms with Gasteiger partial charge in [0.25, 0.3) is 5.91 Å². The Labute approximate surface area is 125 Å². The van der Waals surface area contributed by atoms with Crippen molar-refractivity contribution in [3.63, 3.8) is 0 Å². The first-order valence-corrected chi connectivity index (χ1v) is 7.40. The van der Waals surface area contributed by atoms with E-state index in [2.05, 4.69) is 19.2 Å². The van der Waals surface area contributed by atoms with E-state index in [9.17, 15) is 4.79 Å². The molecule has 20 heavy (non-hydrogen) atoms. The predicted octanol–water partition coefficient (Wildman–Crippen LogP) is 1.36. The first-order valence-electron chi connectivity index (χ1n) is 7.02. The Balaban J connectivity index is 1.96. The normalized spacial score (nSPS) is 27.9. The first kappa shape index (κ1) is 15.3. The van der Waals surface area contributed by atoms with E-state index in [0.29, 0.717) is 5.02 Å². The number of carbonyl (C=O) groups excluding carboxylic acids is 1. The van der Waals surface area contributed by atoms with Crippen LogP contribution in [0.3, 0.4) is 0 Å². The minimum Gasteiger partial charge on any atom is -0.364 e. The number of ether oxygens (including phenoxy) is 1. The van der Waals surface area contributed by atoms with E-state index in [1.54, 1.807) is 12.1 Å². The molecule has 0 aromatic heterocycles. The highest BCUT2D eigenvalue weighted by atomic mass is 35.5. The van der Waals surface area contributed by atoms with Gasteiger partial charge >= 0.3 is 0 Å². The Bertz CT molecular complexity index is 453.